The Morgan fingerprint density at radius 1 is 1.27 bits per heavy atom. The first-order chi connectivity index (χ1) is 14.2. The molecule has 1 aliphatic heterocycles. The van der Waals surface area contributed by atoms with Gasteiger partial charge in [-0.05, 0) is 43.4 Å². The first kappa shape index (κ1) is 25.3. The molecule has 1 unspecified atom stereocenters. The molecule has 2 fully saturated rings. The first-order valence-corrected chi connectivity index (χ1v) is 11.1. The van der Waals surface area contributed by atoms with Crippen LogP contribution in [0.15, 0.2) is 29.3 Å². The van der Waals surface area contributed by atoms with E-state index in [2.05, 4.69) is 21.7 Å². The molecule has 1 aromatic rings. The summed E-state index contributed by atoms with van der Waals surface area (Å²) >= 11 is 0. The molecule has 1 aromatic carbocycles. The normalized spacial score (nSPS) is 21.1. The highest BCUT2D eigenvalue weighted by Crippen LogP contribution is 2.39. The van der Waals surface area contributed by atoms with Crippen LogP contribution in [0.1, 0.15) is 50.5 Å². The number of halogens is 2. The van der Waals surface area contributed by atoms with Crippen LogP contribution in [0, 0.1) is 11.7 Å². The van der Waals surface area contributed by atoms with E-state index in [0.29, 0.717) is 5.92 Å². The number of aliphatic imine (C=N–C) groups is 1. The van der Waals surface area contributed by atoms with Crippen molar-refractivity contribution in [2.45, 2.75) is 50.4 Å². The molecule has 7 heteroatoms. The molecule has 1 heterocycles. The number of guanidine groups is 1. The Balaban J connectivity index is 0.00000320. The molecule has 2 aliphatic rings. The van der Waals surface area contributed by atoms with Gasteiger partial charge in [-0.2, -0.15) is 0 Å². The number of benzene rings is 1. The summed E-state index contributed by atoms with van der Waals surface area (Å²) in [5, 5.41) is 6.87. The van der Waals surface area contributed by atoms with Crippen LogP contribution in [-0.2, 0) is 14.9 Å². The predicted octanol–water partition coefficient (Wildman–Crippen LogP) is 4.25. The number of hydrogen-bond donors (Lipinski definition) is 2. The van der Waals surface area contributed by atoms with Gasteiger partial charge >= 0.3 is 0 Å². The smallest absolute Gasteiger partial charge is 0.191 e. The minimum absolute atomic E-state index is 0. The molecule has 30 heavy (non-hydrogen) atoms. The van der Waals surface area contributed by atoms with E-state index in [0.717, 1.165) is 76.7 Å². The Bertz CT molecular complexity index is 647. The standard InChI is InChI=1S/C23H36FN3O2.HI/c1-25-22(26-12-6-13-28-16-19-9-14-29-17-19)27-18-23(10-3-2-4-11-23)20-7-5-8-21(24)15-20;/h5,7-8,15,19H,2-4,6,9-14,16-18H2,1H3,(H2,25,26,27);1H. The number of nitrogens with one attached hydrogen (secondary N) is 2. The lowest BCUT2D eigenvalue weighted by Crippen LogP contribution is -2.46. The second-order valence-electron chi connectivity index (χ2n) is 8.36. The van der Waals surface area contributed by atoms with Crippen LogP contribution in [0.3, 0.4) is 0 Å². The average molecular weight is 533 g/mol. The number of ether oxygens (including phenoxy) is 2. The second-order valence-corrected chi connectivity index (χ2v) is 8.36. The summed E-state index contributed by atoms with van der Waals surface area (Å²) in [6.07, 6.45) is 7.85. The Labute approximate surface area is 197 Å². The number of hydrogen-bond acceptors (Lipinski definition) is 3. The van der Waals surface area contributed by atoms with Gasteiger partial charge in [-0.3, -0.25) is 4.99 Å². The lowest BCUT2D eigenvalue weighted by atomic mass is 9.69. The molecule has 170 valence electrons. The number of rotatable bonds is 9. The molecule has 2 N–H and O–H groups in total. The summed E-state index contributed by atoms with van der Waals surface area (Å²) in [5.41, 5.74) is 1.08. The zero-order valence-electron chi connectivity index (χ0n) is 18.1. The van der Waals surface area contributed by atoms with Crippen molar-refractivity contribution in [3.05, 3.63) is 35.6 Å². The maximum atomic E-state index is 13.8. The van der Waals surface area contributed by atoms with Crippen LogP contribution >= 0.6 is 24.0 Å². The van der Waals surface area contributed by atoms with E-state index in [1.165, 1.54) is 25.3 Å². The Hall–Kier alpha value is -0.930. The van der Waals surface area contributed by atoms with E-state index in [4.69, 9.17) is 9.47 Å². The third kappa shape index (κ3) is 7.64. The van der Waals surface area contributed by atoms with Crippen molar-refractivity contribution in [2.75, 3.05) is 46.6 Å². The lowest BCUT2D eigenvalue weighted by molar-refractivity contribution is 0.0888. The first-order valence-electron chi connectivity index (χ1n) is 11.1. The van der Waals surface area contributed by atoms with Crippen LogP contribution in [0.2, 0.25) is 0 Å². The Morgan fingerprint density at radius 2 is 2.10 bits per heavy atom. The van der Waals surface area contributed by atoms with Crippen molar-refractivity contribution in [1.82, 2.24) is 10.6 Å². The van der Waals surface area contributed by atoms with Gasteiger partial charge in [0.05, 0.1) is 13.2 Å². The summed E-state index contributed by atoms with van der Waals surface area (Å²) in [4.78, 5) is 4.36. The van der Waals surface area contributed by atoms with Gasteiger partial charge in [0.2, 0.25) is 0 Å². The van der Waals surface area contributed by atoms with Crippen LogP contribution in [0.5, 0.6) is 0 Å². The van der Waals surface area contributed by atoms with Crippen molar-refractivity contribution in [3.63, 3.8) is 0 Å². The molecule has 0 spiro atoms. The molecule has 1 saturated heterocycles. The lowest BCUT2D eigenvalue weighted by Gasteiger charge is -2.38. The molecule has 1 atom stereocenters. The minimum Gasteiger partial charge on any atom is -0.381 e. The van der Waals surface area contributed by atoms with Gasteiger partial charge in [-0.1, -0.05) is 31.4 Å². The SMILES string of the molecule is CN=C(NCCCOCC1CCOC1)NCC1(c2cccc(F)c2)CCCCC1.I. The highest BCUT2D eigenvalue weighted by Gasteiger charge is 2.34. The van der Waals surface area contributed by atoms with E-state index in [-0.39, 0.29) is 35.2 Å². The zero-order valence-corrected chi connectivity index (χ0v) is 20.5. The zero-order chi connectivity index (χ0) is 20.4. The van der Waals surface area contributed by atoms with E-state index in [1.54, 1.807) is 13.1 Å². The van der Waals surface area contributed by atoms with Gasteiger partial charge in [0.25, 0.3) is 0 Å². The van der Waals surface area contributed by atoms with Crippen molar-refractivity contribution in [1.29, 1.82) is 0 Å². The van der Waals surface area contributed by atoms with Crippen LogP contribution < -0.4 is 10.6 Å². The molecule has 5 nitrogen and oxygen atoms in total. The topological polar surface area (TPSA) is 54.9 Å². The van der Waals surface area contributed by atoms with Crippen molar-refractivity contribution in [2.24, 2.45) is 10.9 Å². The molecule has 3 rings (SSSR count). The summed E-state index contributed by atoms with van der Waals surface area (Å²) < 4.78 is 25.0. The molecule has 0 amide bonds. The molecule has 0 radical (unpaired) electrons. The largest absolute Gasteiger partial charge is 0.381 e. The molecular formula is C23H37FIN3O2. The summed E-state index contributed by atoms with van der Waals surface area (Å²) in [6, 6.07) is 7.12. The molecule has 0 aromatic heterocycles. The maximum absolute atomic E-state index is 13.8. The molecule has 1 aliphatic carbocycles. The predicted molar refractivity (Wildman–Crippen MR) is 130 cm³/mol. The van der Waals surface area contributed by atoms with E-state index < -0.39 is 0 Å². The third-order valence-corrected chi connectivity index (χ3v) is 6.20. The van der Waals surface area contributed by atoms with Crippen molar-refractivity contribution >= 4 is 29.9 Å². The second kappa shape index (κ2) is 13.5. The highest BCUT2D eigenvalue weighted by molar-refractivity contribution is 14.0. The molecule has 1 saturated carbocycles. The highest BCUT2D eigenvalue weighted by atomic mass is 127. The summed E-state index contributed by atoms with van der Waals surface area (Å²) in [6.45, 7) is 4.83. The van der Waals surface area contributed by atoms with Gasteiger partial charge in [0.15, 0.2) is 5.96 Å². The Kier molecular flexibility index (Phi) is 11.4. The van der Waals surface area contributed by atoms with Gasteiger partial charge in [0, 0.05) is 44.7 Å². The fourth-order valence-corrected chi connectivity index (χ4v) is 4.43. The van der Waals surface area contributed by atoms with E-state index in [9.17, 15) is 4.39 Å². The number of nitrogens with zero attached hydrogens (tertiary/aromatic N) is 1. The Morgan fingerprint density at radius 3 is 2.80 bits per heavy atom. The quantitative estimate of drug-likeness (QED) is 0.216. The van der Waals surface area contributed by atoms with Gasteiger partial charge < -0.3 is 20.1 Å². The van der Waals surface area contributed by atoms with Crippen LogP contribution in [0.4, 0.5) is 4.39 Å². The summed E-state index contributed by atoms with van der Waals surface area (Å²) in [5.74, 6) is 1.21. The van der Waals surface area contributed by atoms with Gasteiger partial charge in [-0.25, -0.2) is 4.39 Å². The van der Waals surface area contributed by atoms with E-state index in [1.807, 2.05) is 6.07 Å². The van der Waals surface area contributed by atoms with Gasteiger partial charge in [0.1, 0.15) is 5.82 Å². The third-order valence-electron chi connectivity index (χ3n) is 6.20. The minimum atomic E-state index is -0.154. The van der Waals surface area contributed by atoms with Crippen molar-refractivity contribution < 1.29 is 13.9 Å². The van der Waals surface area contributed by atoms with E-state index >= 15 is 0 Å². The monoisotopic (exact) mass is 533 g/mol. The van der Waals surface area contributed by atoms with Crippen LogP contribution in [0.25, 0.3) is 0 Å². The average Bonchev–Trinajstić information content (AvgIpc) is 3.27. The summed E-state index contributed by atoms with van der Waals surface area (Å²) in [7, 11) is 1.79. The maximum Gasteiger partial charge on any atom is 0.191 e. The van der Waals surface area contributed by atoms with Crippen LogP contribution in [-0.4, -0.2) is 52.5 Å². The fourth-order valence-electron chi connectivity index (χ4n) is 4.43. The fraction of sp³-hybridized carbons (Fsp3) is 0.696. The molecular weight excluding hydrogens is 496 g/mol. The molecule has 0 bridgehead atoms. The van der Waals surface area contributed by atoms with Gasteiger partial charge in [-0.15, -0.1) is 24.0 Å². The van der Waals surface area contributed by atoms with Crippen molar-refractivity contribution in [3.8, 4) is 0 Å².